The van der Waals surface area contributed by atoms with E-state index < -0.39 is 0 Å². The smallest absolute Gasteiger partial charge is 0.145 e. The molecule has 0 spiro atoms. The van der Waals surface area contributed by atoms with E-state index in [1.165, 1.54) is 0 Å². The molecule has 2 rings (SSSR count). The van der Waals surface area contributed by atoms with Crippen molar-refractivity contribution >= 4 is 11.6 Å². The molecule has 106 valence electrons. The summed E-state index contributed by atoms with van der Waals surface area (Å²) in [5, 5.41) is 0. The highest BCUT2D eigenvalue weighted by Gasteiger charge is 2.11. The number of hydrogen-bond donors (Lipinski definition) is 2. The summed E-state index contributed by atoms with van der Waals surface area (Å²) < 4.78 is 0. The van der Waals surface area contributed by atoms with Gasteiger partial charge in [0.2, 0.25) is 0 Å². The Kier molecular flexibility index (Phi) is 4.47. The van der Waals surface area contributed by atoms with Gasteiger partial charge in [-0.3, -0.25) is 4.98 Å². The van der Waals surface area contributed by atoms with E-state index in [0.717, 1.165) is 23.8 Å². The largest absolute Gasteiger partial charge is 0.355 e. The van der Waals surface area contributed by atoms with Gasteiger partial charge in [-0.25, -0.2) is 15.8 Å². The number of aromatic nitrogens is 3. The molecule has 0 aromatic carbocycles. The Morgan fingerprint density at radius 3 is 2.75 bits per heavy atom. The fraction of sp³-hybridized carbons (Fsp3) is 0.357. The third-order valence-electron chi connectivity index (χ3n) is 2.93. The maximum Gasteiger partial charge on any atom is 0.145 e. The Morgan fingerprint density at radius 1 is 1.35 bits per heavy atom. The molecule has 0 amide bonds. The summed E-state index contributed by atoms with van der Waals surface area (Å²) in [6.45, 7) is 4.84. The molecule has 0 fully saturated rings. The monoisotopic (exact) mass is 272 g/mol. The van der Waals surface area contributed by atoms with Gasteiger partial charge in [0, 0.05) is 38.0 Å². The average Bonchev–Trinajstić information content (AvgIpc) is 2.47. The summed E-state index contributed by atoms with van der Waals surface area (Å²) in [7, 11) is 1.99. The van der Waals surface area contributed by atoms with Gasteiger partial charge >= 0.3 is 0 Å². The third kappa shape index (κ3) is 3.42. The van der Waals surface area contributed by atoms with E-state index in [-0.39, 0.29) is 5.92 Å². The maximum absolute atomic E-state index is 5.47. The molecule has 6 nitrogen and oxygen atoms in total. The van der Waals surface area contributed by atoms with Crippen LogP contribution >= 0.6 is 0 Å². The molecule has 6 heteroatoms. The second-order valence-corrected chi connectivity index (χ2v) is 4.99. The van der Waals surface area contributed by atoms with Crippen LogP contribution < -0.4 is 16.2 Å². The summed E-state index contributed by atoms with van der Waals surface area (Å²) in [6, 6.07) is 5.80. The van der Waals surface area contributed by atoms with Gasteiger partial charge in [0.15, 0.2) is 0 Å². The summed E-state index contributed by atoms with van der Waals surface area (Å²) in [4.78, 5) is 15.1. The van der Waals surface area contributed by atoms with Crippen molar-refractivity contribution in [3.63, 3.8) is 0 Å². The number of nitrogens with two attached hydrogens (primary N) is 1. The fourth-order valence-corrected chi connectivity index (χ4v) is 1.83. The number of nitrogens with one attached hydrogen (secondary N) is 1. The van der Waals surface area contributed by atoms with Crippen LogP contribution in [0.25, 0.3) is 0 Å². The molecule has 0 aliphatic rings. The number of pyridine rings is 1. The van der Waals surface area contributed by atoms with Crippen LogP contribution in [-0.2, 0) is 6.54 Å². The van der Waals surface area contributed by atoms with Crippen LogP contribution in [-0.4, -0.2) is 22.0 Å². The number of hydrogen-bond acceptors (Lipinski definition) is 6. The standard InChI is InChI=1S/C14H20N6/c1-10(2)14-17-12(19-15)7-13(18-14)20(3)9-11-5-4-6-16-8-11/h4-8,10H,9,15H2,1-3H3,(H,17,18,19). The summed E-state index contributed by atoms with van der Waals surface area (Å²) in [5.41, 5.74) is 3.72. The lowest BCUT2D eigenvalue weighted by Crippen LogP contribution is -2.20. The molecule has 0 atom stereocenters. The lowest BCUT2D eigenvalue weighted by molar-refractivity contribution is 0.763. The Hall–Kier alpha value is -2.21. The predicted molar refractivity (Wildman–Crippen MR) is 80.3 cm³/mol. The lowest BCUT2D eigenvalue weighted by Gasteiger charge is -2.20. The minimum atomic E-state index is 0.244. The molecule has 0 unspecified atom stereocenters. The van der Waals surface area contributed by atoms with Gasteiger partial charge in [0.1, 0.15) is 17.5 Å². The van der Waals surface area contributed by atoms with Crippen LogP contribution in [0, 0.1) is 0 Å². The number of rotatable bonds is 5. The van der Waals surface area contributed by atoms with Crippen molar-refractivity contribution in [2.75, 3.05) is 17.4 Å². The highest BCUT2D eigenvalue weighted by atomic mass is 15.3. The highest BCUT2D eigenvalue weighted by molar-refractivity contribution is 5.49. The van der Waals surface area contributed by atoms with Crippen LogP contribution in [0.2, 0.25) is 0 Å². The summed E-state index contributed by atoms with van der Waals surface area (Å²) in [5.74, 6) is 7.94. The molecule has 0 aliphatic heterocycles. The summed E-state index contributed by atoms with van der Waals surface area (Å²) >= 11 is 0. The number of hydrazine groups is 1. The van der Waals surface area contributed by atoms with E-state index in [9.17, 15) is 0 Å². The minimum Gasteiger partial charge on any atom is -0.355 e. The molecule has 3 N–H and O–H groups in total. The van der Waals surface area contributed by atoms with Crippen LogP contribution in [0.1, 0.15) is 31.2 Å². The van der Waals surface area contributed by atoms with Crippen molar-refractivity contribution < 1.29 is 0 Å². The molecule has 0 saturated carbocycles. The Balaban J connectivity index is 2.24. The molecule has 0 aliphatic carbocycles. The molecule has 20 heavy (non-hydrogen) atoms. The van der Waals surface area contributed by atoms with Crippen molar-refractivity contribution in [2.45, 2.75) is 26.3 Å². The molecular weight excluding hydrogens is 252 g/mol. The second kappa shape index (κ2) is 6.29. The second-order valence-electron chi connectivity index (χ2n) is 4.99. The van der Waals surface area contributed by atoms with Crippen LogP contribution in [0.5, 0.6) is 0 Å². The van der Waals surface area contributed by atoms with Crippen LogP contribution in [0.4, 0.5) is 11.6 Å². The van der Waals surface area contributed by atoms with Crippen molar-refractivity contribution in [1.29, 1.82) is 0 Å². The molecular formula is C14H20N6. The number of nitrogens with zero attached hydrogens (tertiary/aromatic N) is 4. The first-order valence-corrected chi connectivity index (χ1v) is 6.55. The van der Waals surface area contributed by atoms with Gasteiger partial charge < -0.3 is 10.3 Å². The average molecular weight is 272 g/mol. The van der Waals surface area contributed by atoms with Crippen molar-refractivity contribution in [1.82, 2.24) is 15.0 Å². The zero-order valence-electron chi connectivity index (χ0n) is 12.0. The van der Waals surface area contributed by atoms with Crippen LogP contribution in [0.15, 0.2) is 30.6 Å². The quantitative estimate of drug-likeness (QED) is 0.639. The van der Waals surface area contributed by atoms with E-state index in [1.54, 1.807) is 6.20 Å². The normalized spacial score (nSPS) is 10.7. The number of nitrogen functional groups attached to an aromatic ring is 1. The topological polar surface area (TPSA) is 80.0 Å². The molecule has 2 heterocycles. The van der Waals surface area contributed by atoms with E-state index >= 15 is 0 Å². The minimum absolute atomic E-state index is 0.244. The van der Waals surface area contributed by atoms with Gasteiger partial charge in [0.05, 0.1) is 0 Å². The molecule has 0 bridgehead atoms. The zero-order chi connectivity index (χ0) is 14.5. The van der Waals surface area contributed by atoms with Gasteiger partial charge in [-0.15, -0.1) is 0 Å². The first-order chi connectivity index (χ1) is 9.60. The lowest BCUT2D eigenvalue weighted by atomic mass is 10.2. The predicted octanol–water partition coefficient (Wildman–Crippen LogP) is 1.92. The van der Waals surface area contributed by atoms with E-state index in [1.807, 2.05) is 36.3 Å². The fourth-order valence-electron chi connectivity index (χ4n) is 1.83. The van der Waals surface area contributed by atoms with E-state index in [2.05, 4.69) is 34.2 Å². The Labute approximate surface area is 119 Å². The van der Waals surface area contributed by atoms with Gasteiger partial charge in [-0.2, -0.15) is 0 Å². The number of anilines is 2. The van der Waals surface area contributed by atoms with Gasteiger partial charge in [-0.05, 0) is 11.6 Å². The Bertz CT molecular complexity index is 555. The third-order valence-corrected chi connectivity index (χ3v) is 2.93. The SMILES string of the molecule is CC(C)c1nc(NN)cc(N(C)Cc2cccnc2)n1. The van der Waals surface area contributed by atoms with Gasteiger partial charge in [0.25, 0.3) is 0 Å². The van der Waals surface area contributed by atoms with Crippen molar-refractivity contribution in [3.05, 3.63) is 42.0 Å². The van der Waals surface area contributed by atoms with E-state index in [4.69, 9.17) is 5.84 Å². The van der Waals surface area contributed by atoms with Crippen molar-refractivity contribution in [2.24, 2.45) is 5.84 Å². The zero-order valence-corrected chi connectivity index (χ0v) is 12.0. The highest BCUT2D eigenvalue weighted by Crippen LogP contribution is 2.19. The maximum atomic E-state index is 5.47. The molecule has 2 aromatic heterocycles. The Morgan fingerprint density at radius 2 is 2.15 bits per heavy atom. The molecule has 2 aromatic rings. The first kappa shape index (κ1) is 14.2. The first-order valence-electron chi connectivity index (χ1n) is 6.55. The summed E-state index contributed by atoms with van der Waals surface area (Å²) in [6.07, 6.45) is 3.62. The molecule has 0 radical (unpaired) electrons. The van der Waals surface area contributed by atoms with Crippen LogP contribution in [0.3, 0.4) is 0 Å². The van der Waals surface area contributed by atoms with Crippen molar-refractivity contribution in [3.8, 4) is 0 Å². The van der Waals surface area contributed by atoms with Gasteiger partial charge in [-0.1, -0.05) is 19.9 Å². The molecule has 0 saturated heterocycles. The van der Waals surface area contributed by atoms with E-state index in [0.29, 0.717) is 5.82 Å².